The summed E-state index contributed by atoms with van der Waals surface area (Å²) in [5, 5.41) is 32.8. The molecule has 1 saturated carbocycles. The highest BCUT2D eigenvalue weighted by atomic mass is 32.1. The van der Waals surface area contributed by atoms with Crippen molar-refractivity contribution in [2.45, 2.75) is 38.0 Å². The summed E-state index contributed by atoms with van der Waals surface area (Å²) in [5.41, 5.74) is -0.626. The van der Waals surface area contributed by atoms with Gasteiger partial charge in [-0.3, -0.25) is 9.78 Å². The second kappa shape index (κ2) is 10.8. The summed E-state index contributed by atoms with van der Waals surface area (Å²) in [7, 11) is 0. The highest BCUT2D eigenvalue weighted by Gasteiger charge is 2.34. The number of H-pyrrole nitrogens is 2. The van der Waals surface area contributed by atoms with Gasteiger partial charge in [0.15, 0.2) is 4.77 Å². The Kier molecular flexibility index (Phi) is 8.46. The molecule has 1 aromatic rings. The highest BCUT2D eigenvalue weighted by Crippen LogP contribution is 2.40. The molecule has 146 valence electrons. The lowest BCUT2D eigenvalue weighted by atomic mass is 9.72. The van der Waals surface area contributed by atoms with E-state index in [0.717, 1.165) is 58.4 Å². The lowest BCUT2D eigenvalue weighted by Crippen LogP contribution is -2.87. The molecule has 1 aromatic heterocycles. The Morgan fingerprint density at radius 1 is 1.15 bits per heavy atom. The third kappa shape index (κ3) is 5.90. The van der Waals surface area contributed by atoms with Crippen molar-refractivity contribution >= 4 is 12.2 Å². The van der Waals surface area contributed by atoms with E-state index in [1.807, 2.05) is 12.1 Å². The van der Waals surface area contributed by atoms with Gasteiger partial charge in [-0.05, 0) is 36.9 Å². The molecule has 1 atom stereocenters. The topological polar surface area (TPSA) is 145 Å². The van der Waals surface area contributed by atoms with Gasteiger partial charge in [-0.15, -0.1) is 0 Å². The van der Waals surface area contributed by atoms with Crippen molar-refractivity contribution in [2.24, 2.45) is 11.8 Å². The molecular weight excluding hydrogens is 366 g/mol. The van der Waals surface area contributed by atoms with Crippen molar-refractivity contribution in [1.29, 1.82) is 10.5 Å². The van der Waals surface area contributed by atoms with E-state index in [1.165, 1.54) is 0 Å². The molecular formula is C18H25N5O3S. The fraction of sp³-hybridized carbons (Fsp3) is 0.667. The number of morpholine rings is 1. The van der Waals surface area contributed by atoms with Gasteiger partial charge in [-0.1, -0.05) is 19.3 Å². The number of quaternary nitrogens is 1. The molecule has 1 aliphatic carbocycles. The first-order chi connectivity index (χ1) is 13.1. The minimum Gasteiger partial charge on any atom is -0.860 e. The van der Waals surface area contributed by atoms with E-state index < -0.39 is 23.3 Å². The van der Waals surface area contributed by atoms with Crippen molar-refractivity contribution in [3.05, 3.63) is 20.7 Å². The third-order valence-corrected chi connectivity index (χ3v) is 5.21. The van der Waals surface area contributed by atoms with E-state index in [1.54, 1.807) is 0 Å². The highest BCUT2D eigenvalue weighted by molar-refractivity contribution is 7.71. The Balaban J connectivity index is 0.000000369. The molecule has 0 radical (unpaired) electrons. The molecule has 0 bridgehead atoms. The Morgan fingerprint density at radius 2 is 1.78 bits per heavy atom. The van der Waals surface area contributed by atoms with E-state index in [4.69, 9.17) is 17.0 Å². The molecule has 8 nitrogen and oxygen atoms in total. The summed E-state index contributed by atoms with van der Waals surface area (Å²) < 4.78 is 5.00. The smallest absolute Gasteiger partial charge is 0.254 e. The van der Waals surface area contributed by atoms with Gasteiger partial charge in [-0.25, -0.2) is 0 Å². The predicted octanol–water partition coefficient (Wildman–Crippen LogP) is 0.413. The maximum atomic E-state index is 12.1. The average Bonchev–Trinajstić information content (AvgIpc) is 2.69. The average molecular weight is 391 g/mol. The van der Waals surface area contributed by atoms with Crippen molar-refractivity contribution in [3.63, 3.8) is 0 Å². The van der Waals surface area contributed by atoms with Crippen molar-refractivity contribution in [3.8, 4) is 18.0 Å². The Bertz CT molecular complexity index is 771. The van der Waals surface area contributed by atoms with Gasteiger partial charge in [0.05, 0.1) is 38.4 Å². The molecule has 2 aliphatic rings. The SMILES string of the molecule is C1COCC[NH2+]1.N#CC(C#N)C(c1c([O-])[nH]c(=S)[nH]c1=O)C1CCCCC1. The number of nitrogens with one attached hydrogen (secondary N) is 2. The molecule has 1 unspecified atom stereocenters. The second-order valence-electron chi connectivity index (χ2n) is 6.79. The number of aromatic nitrogens is 2. The van der Waals surface area contributed by atoms with Gasteiger partial charge in [0.25, 0.3) is 5.56 Å². The van der Waals surface area contributed by atoms with Crippen LogP contribution in [0.3, 0.4) is 0 Å². The van der Waals surface area contributed by atoms with Gasteiger partial charge in [-0.2, -0.15) is 10.5 Å². The Morgan fingerprint density at radius 3 is 2.22 bits per heavy atom. The van der Waals surface area contributed by atoms with Crippen LogP contribution in [0.25, 0.3) is 0 Å². The lowest BCUT2D eigenvalue weighted by Gasteiger charge is -2.32. The molecule has 1 aliphatic heterocycles. The second-order valence-corrected chi connectivity index (χ2v) is 7.20. The van der Waals surface area contributed by atoms with Crippen LogP contribution in [0, 0.1) is 39.3 Å². The minimum atomic E-state index is -1.01. The van der Waals surface area contributed by atoms with Gasteiger partial charge < -0.3 is 20.1 Å². The molecule has 4 N–H and O–H groups in total. The zero-order chi connectivity index (χ0) is 19.6. The van der Waals surface area contributed by atoms with Gasteiger partial charge in [0.1, 0.15) is 5.92 Å². The zero-order valence-electron chi connectivity index (χ0n) is 15.2. The number of aromatic amines is 2. The summed E-state index contributed by atoms with van der Waals surface area (Å²) >= 11 is 4.77. The van der Waals surface area contributed by atoms with Crippen LogP contribution in [-0.4, -0.2) is 36.3 Å². The van der Waals surface area contributed by atoms with Gasteiger partial charge >= 0.3 is 0 Å². The summed E-state index contributed by atoms with van der Waals surface area (Å²) in [6, 6.07) is 3.85. The molecule has 9 heteroatoms. The summed E-state index contributed by atoms with van der Waals surface area (Å²) in [4.78, 5) is 16.9. The summed E-state index contributed by atoms with van der Waals surface area (Å²) in [6.45, 7) is 4.19. The molecule has 3 rings (SSSR count). The van der Waals surface area contributed by atoms with Crippen LogP contribution < -0.4 is 16.0 Å². The Labute approximate surface area is 163 Å². The van der Waals surface area contributed by atoms with Crippen LogP contribution in [0.4, 0.5) is 0 Å². The first-order valence-electron chi connectivity index (χ1n) is 9.30. The lowest BCUT2D eigenvalue weighted by molar-refractivity contribution is -0.670. The maximum Gasteiger partial charge on any atom is 0.254 e. The van der Waals surface area contributed by atoms with Crippen LogP contribution in [0.2, 0.25) is 0 Å². The molecule has 0 amide bonds. The fourth-order valence-corrected chi connectivity index (χ4v) is 3.90. The molecule has 2 heterocycles. The summed E-state index contributed by atoms with van der Waals surface area (Å²) in [6.07, 6.45) is 4.71. The Hall–Kier alpha value is -2.20. The largest absolute Gasteiger partial charge is 0.860 e. The number of rotatable bonds is 3. The van der Waals surface area contributed by atoms with E-state index in [-0.39, 0.29) is 16.3 Å². The normalized spacial score (nSPS) is 18.6. The zero-order valence-corrected chi connectivity index (χ0v) is 16.0. The molecule has 0 spiro atoms. The predicted molar refractivity (Wildman–Crippen MR) is 98.2 cm³/mol. The van der Waals surface area contributed by atoms with Crippen molar-refractivity contribution in [1.82, 2.24) is 9.97 Å². The monoisotopic (exact) mass is 391 g/mol. The van der Waals surface area contributed by atoms with Gasteiger partial charge in [0, 0.05) is 11.5 Å². The standard InChI is InChI=1S/C14H16N4O2S.C4H9NO/c15-6-9(7-16)10(8-4-2-1-3-5-8)11-12(19)17-14(21)18-13(11)20;1-3-6-4-2-5-1/h8-10H,1-5H2,(H3,17,18,19,20,21);5H,1-4H2. The first-order valence-corrected chi connectivity index (χ1v) is 9.71. The van der Waals surface area contributed by atoms with E-state index in [0.29, 0.717) is 0 Å². The number of nitrogens with zero attached hydrogens (tertiary/aromatic N) is 2. The van der Waals surface area contributed by atoms with Crippen molar-refractivity contribution < 1.29 is 15.2 Å². The number of hydrogen-bond donors (Lipinski definition) is 3. The third-order valence-electron chi connectivity index (χ3n) is 5.00. The number of ether oxygens (including phenoxy) is 1. The maximum absolute atomic E-state index is 12.1. The van der Waals surface area contributed by atoms with E-state index >= 15 is 0 Å². The van der Waals surface area contributed by atoms with Crippen molar-refractivity contribution in [2.75, 3.05) is 26.3 Å². The van der Waals surface area contributed by atoms with E-state index in [9.17, 15) is 20.4 Å². The van der Waals surface area contributed by atoms with Crippen LogP contribution in [0.15, 0.2) is 4.79 Å². The van der Waals surface area contributed by atoms with Crippen LogP contribution >= 0.6 is 12.2 Å². The number of nitrogens with two attached hydrogens (primary N) is 1. The number of nitriles is 2. The minimum absolute atomic E-state index is 0.00113. The van der Waals surface area contributed by atoms with Crippen LogP contribution in [0.1, 0.15) is 43.6 Å². The van der Waals surface area contributed by atoms with Gasteiger partial charge in [0.2, 0.25) is 0 Å². The summed E-state index contributed by atoms with van der Waals surface area (Å²) in [5.74, 6) is -2.26. The van der Waals surface area contributed by atoms with E-state index in [2.05, 4.69) is 15.3 Å². The molecule has 1 saturated heterocycles. The van der Waals surface area contributed by atoms with Crippen LogP contribution in [0.5, 0.6) is 5.88 Å². The molecule has 27 heavy (non-hydrogen) atoms. The molecule has 2 fully saturated rings. The quantitative estimate of drug-likeness (QED) is 0.636. The first kappa shape index (κ1) is 21.1. The van der Waals surface area contributed by atoms with Crippen LogP contribution in [-0.2, 0) is 4.74 Å². The fourth-order valence-electron chi connectivity index (χ4n) is 3.72. The molecule has 0 aromatic carbocycles. The number of hydrogen-bond acceptors (Lipinski definition) is 6.